The monoisotopic (exact) mass is 294 g/mol. The summed E-state index contributed by atoms with van der Waals surface area (Å²) in [5.74, 6) is -0.440. The Hall–Kier alpha value is -0.261. The van der Waals surface area contributed by atoms with Gasteiger partial charge >= 0.3 is 88.1 Å². The standard InChI is InChI=1S/2C4H7O2.Sn/c2*1-3-4(5)6-2;/h2*3H,1-2H3;/q;;+2. The minimum absolute atomic E-state index is 0.0947. The molecule has 2 unspecified atom stereocenters. The summed E-state index contributed by atoms with van der Waals surface area (Å²) in [6, 6.07) is 0. The van der Waals surface area contributed by atoms with Crippen LogP contribution in [0.2, 0.25) is 7.87 Å². The maximum absolute atomic E-state index is 11.0. The summed E-state index contributed by atoms with van der Waals surface area (Å²) in [4.78, 5) is 22.1. The molecule has 0 heterocycles. The molecule has 0 aliphatic carbocycles. The molecule has 4 nitrogen and oxygen atoms in total. The van der Waals surface area contributed by atoms with Gasteiger partial charge in [0.15, 0.2) is 0 Å². The van der Waals surface area contributed by atoms with Crippen LogP contribution >= 0.6 is 0 Å². The van der Waals surface area contributed by atoms with Gasteiger partial charge in [-0.2, -0.15) is 0 Å². The van der Waals surface area contributed by atoms with Gasteiger partial charge in [-0.05, 0) is 0 Å². The van der Waals surface area contributed by atoms with Crippen LogP contribution in [-0.2, 0) is 19.1 Å². The fourth-order valence-electron chi connectivity index (χ4n) is 0.865. The summed E-state index contributed by atoms with van der Waals surface area (Å²) in [6.07, 6.45) is 0. The molecule has 0 saturated heterocycles. The van der Waals surface area contributed by atoms with Crippen molar-refractivity contribution in [3.63, 3.8) is 0 Å². The van der Waals surface area contributed by atoms with E-state index in [1.165, 1.54) is 14.2 Å². The first-order chi connectivity index (χ1) is 6.02. The first-order valence-electron chi connectivity index (χ1n) is 3.94. The van der Waals surface area contributed by atoms with Gasteiger partial charge in [-0.3, -0.25) is 0 Å². The van der Waals surface area contributed by atoms with Crippen LogP contribution in [0.3, 0.4) is 0 Å². The Labute approximate surface area is 88.2 Å². The molecule has 0 fully saturated rings. The molecule has 0 aliphatic heterocycles. The topological polar surface area (TPSA) is 52.6 Å². The molecule has 0 spiro atoms. The van der Waals surface area contributed by atoms with Gasteiger partial charge in [0, 0.05) is 0 Å². The molecule has 0 radical (unpaired) electrons. The van der Waals surface area contributed by atoms with Gasteiger partial charge in [0.05, 0.1) is 0 Å². The van der Waals surface area contributed by atoms with Crippen LogP contribution in [0.1, 0.15) is 13.8 Å². The van der Waals surface area contributed by atoms with Gasteiger partial charge in [0.1, 0.15) is 0 Å². The normalized spacial score (nSPS) is 13.8. The van der Waals surface area contributed by atoms with Gasteiger partial charge in [-0.1, -0.05) is 0 Å². The Balaban J connectivity index is 3.98. The molecule has 0 rings (SSSR count). The predicted octanol–water partition coefficient (Wildman–Crippen LogP) is 0.653. The van der Waals surface area contributed by atoms with Crippen molar-refractivity contribution in [1.82, 2.24) is 0 Å². The number of carbonyl (C=O) groups is 2. The van der Waals surface area contributed by atoms with Crippen molar-refractivity contribution < 1.29 is 19.1 Å². The number of esters is 2. The van der Waals surface area contributed by atoms with Gasteiger partial charge in [0.25, 0.3) is 0 Å². The molecule has 0 aromatic rings. The summed E-state index contributed by atoms with van der Waals surface area (Å²) in [6.45, 7) is 3.61. The molecule has 0 amide bonds. The number of ether oxygens (including phenoxy) is 2. The van der Waals surface area contributed by atoms with Crippen molar-refractivity contribution in [1.29, 1.82) is 0 Å². The third kappa shape index (κ3) is 4.49. The van der Waals surface area contributed by atoms with E-state index in [0.717, 1.165) is 0 Å². The molecule has 0 saturated carbocycles. The van der Waals surface area contributed by atoms with Crippen LogP contribution in [-0.4, -0.2) is 47.3 Å². The van der Waals surface area contributed by atoms with E-state index in [4.69, 9.17) is 0 Å². The summed E-state index contributed by atoms with van der Waals surface area (Å²) in [5, 5.41) is 0. The van der Waals surface area contributed by atoms with Crippen LogP contribution in [0.4, 0.5) is 0 Å². The molecule has 2 atom stereocenters. The Bertz CT molecular complexity index is 173. The summed E-state index contributed by atoms with van der Waals surface area (Å²) in [7, 11) is 2.72. The number of hydrogen-bond acceptors (Lipinski definition) is 4. The second-order valence-corrected chi connectivity index (χ2v) is 8.55. The van der Waals surface area contributed by atoms with E-state index in [0.29, 0.717) is 0 Å². The SMILES string of the molecule is COC(=O)[CH](C)[Sn+2][CH](C)C(=O)OC. The molecule has 0 bridgehead atoms. The van der Waals surface area contributed by atoms with E-state index in [1.54, 1.807) is 13.8 Å². The fraction of sp³-hybridized carbons (Fsp3) is 0.750. The summed E-state index contributed by atoms with van der Waals surface area (Å²) >= 11 is -1.09. The van der Waals surface area contributed by atoms with Crippen molar-refractivity contribution in [2.75, 3.05) is 14.2 Å². The maximum atomic E-state index is 11.0. The zero-order valence-corrected chi connectivity index (χ0v) is 11.1. The average Bonchev–Trinajstić information content (AvgIpc) is 2.14. The second kappa shape index (κ2) is 6.23. The third-order valence-electron chi connectivity index (χ3n) is 1.61. The van der Waals surface area contributed by atoms with Crippen molar-refractivity contribution in [3.05, 3.63) is 0 Å². The molecule has 0 aliphatic rings. The van der Waals surface area contributed by atoms with E-state index in [-0.39, 0.29) is 19.8 Å². The Morgan fingerprint density at radius 2 is 1.31 bits per heavy atom. The number of carbonyl (C=O) groups excluding carboxylic acids is 2. The van der Waals surface area contributed by atoms with Gasteiger partial charge in [0.2, 0.25) is 0 Å². The van der Waals surface area contributed by atoms with Gasteiger partial charge in [-0.25, -0.2) is 0 Å². The number of hydrogen-bond donors (Lipinski definition) is 0. The molecule has 72 valence electrons. The van der Waals surface area contributed by atoms with Crippen molar-refractivity contribution in [2.24, 2.45) is 0 Å². The zero-order chi connectivity index (χ0) is 10.4. The number of rotatable bonds is 4. The summed E-state index contributed by atoms with van der Waals surface area (Å²) in [5.41, 5.74) is 0. The van der Waals surface area contributed by atoms with Crippen LogP contribution in [0.25, 0.3) is 0 Å². The molecular formula is C8H14O4Sn+2. The Morgan fingerprint density at radius 3 is 1.54 bits per heavy atom. The van der Waals surface area contributed by atoms with E-state index in [2.05, 4.69) is 9.47 Å². The van der Waals surface area contributed by atoms with Crippen LogP contribution in [0.5, 0.6) is 0 Å². The Kier molecular flexibility index (Phi) is 6.11. The van der Waals surface area contributed by atoms with Crippen molar-refractivity contribution in [3.8, 4) is 0 Å². The van der Waals surface area contributed by atoms with Crippen LogP contribution in [0, 0.1) is 0 Å². The molecule has 0 aromatic heterocycles. The van der Waals surface area contributed by atoms with Gasteiger partial charge in [-0.15, -0.1) is 0 Å². The molecular weight excluding hydrogens is 279 g/mol. The average molecular weight is 293 g/mol. The first-order valence-corrected chi connectivity index (χ1v) is 7.24. The van der Waals surface area contributed by atoms with E-state index < -0.39 is 21.1 Å². The van der Waals surface area contributed by atoms with Crippen LogP contribution < -0.4 is 0 Å². The number of methoxy groups -OCH3 is 2. The predicted molar refractivity (Wildman–Crippen MR) is 48.6 cm³/mol. The van der Waals surface area contributed by atoms with E-state index in [1.807, 2.05) is 0 Å². The molecule has 0 N–H and O–H groups in total. The van der Waals surface area contributed by atoms with E-state index in [9.17, 15) is 9.59 Å². The summed E-state index contributed by atoms with van der Waals surface area (Å²) < 4.78 is 8.97. The van der Waals surface area contributed by atoms with Crippen molar-refractivity contribution >= 4 is 33.1 Å². The zero-order valence-electron chi connectivity index (χ0n) is 8.29. The second-order valence-electron chi connectivity index (χ2n) is 2.66. The van der Waals surface area contributed by atoms with E-state index >= 15 is 0 Å². The fourth-order valence-corrected chi connectivity index (χ4v) is 4.45. The van der Waals surface area contributed by atoms with Crippen LogP contribution in [0.15, 0.2) is 0 Å². The molecule has 5 heteroatoms. The van der Waals surface area contributed by atoms with Gasteiger partial charge < -0.3 is 0 Å². The molecule has 13 heavy (non-hydrogen) atoms. The third-order valence-corrected chi connectivity index (χ3v) is 5.81. The quantitative estimate of drug-likeness (QED) is 0.564. The Morgan fingerprint density at radius 1 is 1.00 bits per heavy atom. The first kappa shape index (κ1) is 12.7. The molecule has 0 aromatic carbocycles. The van der Waals surface area contributed by atoms with Crippen molar-refractivity contribution in [2.45, 2.75) is 21.7 Å². The minimum atomic E-state index is -1.09.